The molecular formula is C16H27NO. The Kier molecular flexibility index (Phi) is 6.99. The highest BCUT2D eigenvalue weighted by atomic mass is 16.5. The van der Waals surface area contributed by atoms with Crippen LogP contribution in [-0.2, 0) is 11.3 Å². The van der Waals surface area contributed by atoms with E-state index in [0.29, 0.717) is 12.5 Å². The van der Waals surface area contributed by atoms with Gasteiger partial charge in [-0.25, -0.2) is 0 Å². The van der Waals surface area contributed by atoms with Crippen molar-refractivity contribution in [1.82, 2.24) is 0 Å². The first kappa shape index (κ1) is 15.2. The number of hydrogen-bond donors (Lipinski definition) is 1. The fraction of sp³-hybridized carbons (Fsp3) is 0.625. The maximum Gasteiger partial charge on any atom is 0.0716 e. The van der Waals surface area contributed by atoms with Crippen LogP contribution in [0.5, 0.6) is 0 Å². The molecular weight excluding hydrogens is 222 g/mol. The van der Waals surface area contributed by atoms with Crippen LogP contribution >= 0.6 is 0 Å². The quantitative estimate of drug-likeness (QED) is 0.713. The molecule has 1 aromatic rings. The van der Waals surface area contributed by atoms with Gasteiger partial charge in [-0.1, -0.05) is 45.0 Å². The van der Waals surface area contributed by atoms with Crippen LogP contribution in [0.2, 0.25) is 0 Å². The summed E-state index contributed by atoms with van der Waals surface area (Å²) in [5.74, 6) is 1.21. The Balaban J connectivity index is 2.27. The summed E-state index contributed by atoms with van der Waals surface area (Å²) in [7, 11) is 0. The third-order valence-electron chi connectivity index (χ3n) is 3.24. The molecule has 0 fully saturated rings. The van der Waals surface area contributed by atoms with E-state index in [0.717, 1.165) is 25.6 Å². The van der Waals surface area contributed by atoms with Crippen molar-refractivity contribution < 1.29 is 4.74 Å². The van der Waals surface area contributed by atoms with Crippen LogP contribution in [0.4, 0.5) is 0 Å². The normalized spacial score (nSPS) is 12.9. The van der Waals surface area contributed by atoms with Crippen LogP contribution in [0.25, 0.3) is 0 Å². The van der Waals surface area contributed by atoms with Crippen LogP contribution in [-0.4, -0.2) is 13.2 Å². The van der Waals surface area contributed by atoms with Gasteiger partial charge in [-0.3, -0.25) is 0 Å². The molecule has 0 spiro atoms. The van der Waals surface area contributed by atoms with Crippen molar-refractivity contribution in [2.75, 3.05) is 13.2 Å². The van der Waals surface area contributed by atoms with Gasteiger partial charge in [-0.15, -0.1) is 0 Å². The smallest absolute Gasteiger partial charge is 0.0716 e. The first-order chi connectivity index (χ1) is 8.63. The predicted octanol–water partition coefficient (Wildman–Crippen LogP) is 3.70. The Morgan fingerprint density at radius 1 is 1.11 bits per heavy atom. The summed E-state index contributed by atoms with van der Waals surface area (Å²) in [4.78, 5) is 0. The van der Waals surface area contributed by atoms with Gasteiger partial charge in [0, 0.05) is 6.61 Å². The summed E-state index contributed by atoms with van der Waals surface area (Å²) in [6, 6.07) is 8.60. The topological polar surface area (TPSA) is 35.2 Å². The van der Waals surface area contributed by atoms with Crippen LogP contribution in [0, 0.1) is 5.92 Å². The standard InChI is InChI=1S/C16H27NO/c1-13(2)5-4-10-18-12-15-6-8-16(9-7-15)14(3)11-17/h6-9,13-14H,4-5,10-12,17H2,1-3H3. The van der Waals surface area contributed by atoms with Gasteiger partial charge in [-0.2, -0.15) is 0 Å². The van der Waals surface area contributed by atoms with Crippen LogP contribution in [0.3, 0.4) is 0 Å². The Morgan fingerprint density at radius 3 is 2.33 bits per heavy atom. The van der Waals surface area contributed by atoms with E-state index >= 15 is 0 Å². The highest BCUT2D eigenvalue weighted by Crippen LogP contribution is 2.15. The average Bonchev–Trinajstić information content (AvgIpc) is 2.38. The molecule has 0 aliphatic heterocycles. The minimum atomic E-state index is 0.436. The van der Waals surface area contributed by atoms with Crippen molar-refractivity contribution in [2.45, 2.75) is 46.1 Å². The molecule has 2 heteroatoms. The van der Waals surface area contributed by atoms with E-state index in [1.165, 1.54) is 17.5 Å². The summed E-state index contributed by atoms with van der Waals surface area (Å²) in [5.41, 5.74) is 8.20. The minimum Gasteiger partial charge on any atom is -0.377 e. The second kappa shape index (κ2) is 8.28. The molecule has 1 aromatic carbocycles. The molecule has 0 heterocycles. The summed E-state index contributed by atoms with van der Waals surface area (Å²) in [6.45, 7) is 8.92. The molecule has 0 radical (unpaired) electrons. The second-order valence-electron chi connectivity index (χ2n) is 5.47. The van der Waals surface area contributed by atoms with Crippen molar-refractivity contribution in [3.8, 4) is 0 Å². The second-order valence-corrected chi connectivity index (χ2v) is 5.47. The summed E-state index contributed by atoms with van der Waals surface area (Å²) in [6.07, 6.45) is 2.40. The van der Waals surface area contributed by atoms with Gasteiger partial charge in [0.25, 0.3) is 0 Å². The number of nitrogens with two attached hydrogens (primary N) is 1. The van der Waals surface area contributed by atoms with Gasteiger partial charge in [0.2, 0.25) is 0 Å². The molecule has 0 aromatic heterocycles. The van der Waals surface area contributed by atoms with E-state index < -0.39 is 0 Å². The summed E-state index contributed by atoms with van der Waals surface area (Å²) in [5, 5.41) is 0. The molecule has 0 aliphatic rings. The van der Waals surface area contributed by atoms with E-state index in [1.807, 2.05) is 0 Å². The zero-order chi connectivity index (χ0) is 13.4. The van der Waals surface area contributed by atoms with Gasteiger partial charge in [0.15, 0.2) is 0 Å². The molecule has 2 nitrogen and oxygen atoms in total. The van der Waals surface area contributed by atoms with Gasteiger partial charge < -0.3 is 10.5 Å². The Morgan fingerprint density at radius 2 is 1.78 bits per heavy atom. The number of hydrogen-bond acceptors (Lipinski definition) is 2. The Bertz CT molecular complexity index is 318. The van der Waals surface area contributed by atoms with Gasteiger partial charge in [0.05, 0.1) is 6.61 Å². The van der Waals surface area contributed by atoms with Crippen LogP contribution in [0.15, 0.2) is 24.3 Å². The fourth-order valence-electron chi connectivity index (χ4n) is 1.86. The molecule has 0 amide bonds. The van der Waals surface area contributed by atoms with E-state index in [2.05, 4.69) is 45.0 Å². The molecule has 0 bridgehead atoms. The summed E-state index contributed by atoms with van der Waals surface area (Å²) < 4.78 is 5.67. The van der Waals surface area contributed by atoms with Crippen molar-refractivity contribution in [2.24, 2.45) is 11.7 Å². The van der Waals surface area contributed by atoms with Crippen molar-refractivity contribution in [1.29, 1.82) is 0 Å². The predicted molar refractivity (Wildman–Crippen MR) is 77.6 cm³/mol. The summed E-state index contributed by atoms with van der Waals surface area (Å²) >= 11 is 0. The number of ether oxygens (including phenoxy) is 1. The van der Waals surface area contributed by atoms with Crippen molar-refractivity contribution in [3.63, 3.8) is 0 Å². The molecule has 18 heavy (non-hydrogen) atoms. The first-order valence-corrected chi connectivity index (χ1v) is 7.00. The lowest BCUT2D eigenvalue weighted by Gasteiger charge is -2.10. The van der Waals surface area contributed by atoms with Gasteiger partial charge in [-0.05, 0) is 42.3 Å². The van der Waals surface area contributed by atoms with Crippen molar-refractivity contribution in [3.05, 3.63) is 35.4 Å². The largest absolute Gasteiger partial charge is 0.377 e. The number of rotatable bonds is 8. The zero-order valence-electron chi connectivity index (χ0n) is 12.0. The first-order valence-electron chi connectivity index (χ1n) is 7.00. The maximum absolute atomic E-state index is 5.67. The molecule has 102 valence electrons. The third-order valence-corrected chi connectivity index (χ3v) is 3.24. The fourth-order valence-corrected chi connectivity index (χ4v) is 1.86. The highest BCUT2D eigenvalue weighted by Gasteiger charge is 2.02. The van der Waals surface area contributed by atoms with E-state index in [1.54, 1.807) is 0 Å². The van der Waals surface area contributed by atoms with Crippen LogP contribution in [0.1, 0.15) is 50.7 Å². The molecule has 0 saturated heterocycles. The van der Waals surface area contributed by atoms with Crippen molar-refractivity contribution >= 4 is 0 Å². The number of benzene rings is 1. The molecule has 1 unspecified atom stereocenters. The Labute approximate surface area is 112 Å². The molecule has 1 rings (SSSR count). The van der Waals surface area contributed by atoms with Crippen LogP contribution < -0.4 is 5.73 Å². The monoisotopic (exact) mass is 249 g/mol. The average molecular weight is 249 g/mol. The van der Waals surface area contributed by atoms with E-state index in [-0.39, 0.29) is 0 Å². The molecule has 1 atom stereocenters. The lowest BCUT2D eigenvalue weighted by molar-refractivity contribution is 0.115. The zero-order valence-corrected chi connectivity index (χ0v) is 12.0. The van der Waals surface area contributed by atoms with E-state index in [9.17, 15) is 0 Å². The SMILES string of the molecule is CC(C)CCCOCc1ccc(C(C)CN)cc1. The molecule has 0 saturated carbocycles. The lowest BCUT2D eigenvalue weighted by atomic mass is 10.0. The molecule has 2 N–H and O–H groups in total. The van der Waals surface area contributed by atoms with Gasteiger partial charge >= 0.3 is 0 Å². The van der Waals surface area contributed by atoms with E-state index in [4.69, 9.17) is 10.5 Å². The van der Waals surface area contributed by atoms with Gasteiger partial charge in [0.1, 0.15) is 0 Å². The minimum absolute atomic E-state index is 0.436. The maximum atomic E-state index is 5.67. The third kappa shape index (κ3) is 5.65. The molecule has 0 aliphatic carbocycles. The Hall–Kier alpha value is -0.860. The lowest BCUT2D eigenvalue weighted by Crippen LogP contribution is -2.08. The highest BCUT2D eigenvalue weighted by molar-refractivity contribution is 5.24.